The number of hydrogen-bond acceptors (Lipinski definition) is 4. The van der Waals surface area contributed by atoms with Crippen LogP contribution in [-0.2, 0) is 19.2 Å². The van der Waals surface area contributed by atoms with Gasteiger partial charge in [0.25, 0.3) is 11.8 Å². The first-order valence-corrected chi connectivity index (χ1v) is 4.52. The van der Waals surface area contributed by atoms with Crippen molar-refractivity contribution in [2.75, 3.05) is 6.54 Å². The molecule has 16 heavy (non-hydrogen) atoms. The molecule has 0 aromatic carbocycles. The van der Waals surface area contributed by atoms with Crippen molar-refractivity contribution < 1.29 is 24.3 Å². The van der Waals surface area contributed by atoms with Crippen molar-refractivity contribution in [3.05, 3.63) is 0 Å². The molecule has 0 aliphatic carbocycles. The van der Waals surface area contributed by atoms with E-state index in [0.717, 1.165) is 0 Å². The maximum absolute atomic E-state index is 11.4. The third-order valence-corrected chi connectivity index (χ3v) is 1.98. The molecule has 0 saturated carbocycles. The molecule has 88 valence electrons. The number of hydrogen-bond donors (Lipinski definition) is 4. The summed E-state index contributed by atoms with van der Waals surface area (Å²) in [6.45, 7) is 1.07. The van der Waals surface area contributed by atoms with Gasteiger partial charge in [-0.1, -0.05) is 0 Å². The highest BCUT2D eigenvalue weighted by Gasteiger charge is 2.33. The third-order valence-electron chi connectivity index (χ3n) is 1.98. The number of carboxylic acids is 1. The van der Waals surface area contributed by atoms with E-state index in [1.54, 1.807) is 0 Å². The van der Waals surface area contributed by atoms with Crippen LogP contribution in [0.25, 0.3) is 0 Å². The Labute approximate surface area is 90.4 Å². The van der Waals surface area contributed by atoms with E-state index in [1.165, 1.54) is 6.92 Å². The summed E-state index contributed by atoms with van der Waals surface area (Å²) in [7, 11) is 0. The standard InChI is InChI=1S/C8H11N3O5/c1-3(8(15)16)10-7(14)5-6(13)9-2-4(12)11-5/h3,5H,2H2,1H3,(H,9,13)(H,10,14)(H,11,12)(H,15,16)/t3?,5-/m1/s1. The molecule has 0 aromatic rings. The molecule has 1 rings (SSSR count). The van der Waals surface area contributed by atoms with Crippen molar-refractivity contribution in [3.63, 3.8) is 0 Å². The maximum Gasteiger partial charge on any atom is 0.325 e. The molecule has 1 saturated heterocycles. The van der Waals surface area contributed by atoms with E-state index < -0.39 is 35.8 Å². The van der Waals surface area contributed by atoms with Crippen molar-refractivity contribution in [3.8, 4) is 0 Å². The summed E-state index contributed by atoms with van der Waals surface area (Å²) in [6, 6.07) is -2.50. The molecule has 1 aliphatic heterocycles. The Kier molecular flexibility index (Phi) is 3.44. The van der Waals surface area contributed by atoms with Gasteiger partial charge in [-0.2, -0.15) is 0 Å². The van der Waals surface area contributed by atoms with Crippen LogP contribution in [0.3, 0.4) is 0 Å². The van der Waals surface area contributed by atoms with Crippen LogP contribution in [0.2, 0.25) is 0 Å². The summed E-state index contributed by atoms with van der Waals surface area (Å²) in [6.07, 6.45) is 0. The van der Waals surface area contributed by atoms with Crippen molar-refractivity contribution in [2.45, 2.75) is 19.0 Å². The monoisotopic (exact) mass is 229 g/mol. The Morgan fingerprint density at radius 3 is 2.69 bits per heavy atom. The van der Waals surface area contributed by atoms with E-state index in [1.807, 2.05) is 0 Å². The van der Waals surface area contributed by atoms with Gasteiger partial charge in [-0.05, 0) is 6.92 Å². The minimum absolute atomic E-state index is 0.183. The fourth-order valence-corrected chi connectivity index (χ4v) is 1.09. The van der Waals surface area contributed by atoms with Crippen LogP contribution in [-0.4, -0.2) is 47.4 Å². The first kappa shape index (κ1) is 12.0. The van der Waals surface area contributed by atoms with Crippen molar-refractivity contribution in [1.29, 1.82) is 0 Å². The molecule has 1 fully saturated rings. The SMILES string of the molecule is CC(NC(=O)[C@@H]1NC(=O)CNC1=O)C(=O)O. The summed E-state index contributed by atoms with van der Waals surface area (Å²) in [5.41, 5.74) is 0. The van der Waals surface area contributed by atoms with Gasteiger partial charge in [-0.15, -0.1) is 0 Å². The normalized spacial score (nSPS) is 21.7. The molecule has 0 aromatic heterocycles. The zero-order valence-electron chi connectivity index (χ0n) is 8.44. The molecule has 1 unspecified atom stereocenters. The quantitative estimate of drug-likeness (QED) is 0.389. The summed E-state index contributed by atoms with van der Waals surface area (Å²) in [5.74, 6) is -3.23. The van der Waals surface area contributed by atoms with E-state index in [9.17, 15) is 19.2 Å². The van der Waals surface area contributed by atoms with Crippen molar-refractivity contribution in [2.24, 2.45) is 0 Å². The predicted octanol–water partition coefficient (Wildman–Crippen LogP) is -2.81. The van der Waals surface area contributed by atoms with Crippen LogP contribution in [0, 0.1) is 0 Å². The number of amides is 3. The summed E-state index contributed by atoms with van der Waals surface area (Å²) >= 11 is 0. The predicted molar refractivity (Wildman–Crippen MR) is 50.2 cm³/mol. The van der Waals surface area contributed by atoms with Crippen LogP contribution in [0.5, 0.6) is 0 Å². The number of carbonyl (C=O) groups is 4. The van der Waals surface area contributed by atoms with Crippen molar-refractivity contribution in [1.82, 2.24) is 16.0 Å². The highest BCUT2D eigenvalue weighted by atomic mass is 16.4. The number of carbonyl (C=O) groups excluding carboxylic acids is 3. The summed E-state index contributed by atoms with van der Waals surface area (Å²) in [5, 5.41) is 15.0. The molecule has 1 heterocycles. The van der Waals surface area contributed by atoms with Gasteiger partial charge in [0.15, 0.2) is 6.04 Å². The number of aliphatic carboxylic acids is 1. The molecule has 0 radical (unpaired) electrons. The number of rotatable bonds is 3. The van der Waals surface area contributed by atoms with E-state index in [0.29, 0.717) is 0 Å². The van der Waals surface area contributed by atoms with E-state index in [4.69, 9.17) is 5.11 Å². The number of piperazine rings is 1. The lowest BCUT2D eigenvalue weighted by Crippen LogP contribution is -2.62. The molecule has 2 atom stereocenters. The zero-order chi connectivity index (χ0) is 12.3. The molecular weight excluding hydrogens is 218 g/mol. The smallest absolute Gasteiger partial charge is 0.325 e. The lowest BCUT2D eigenvalue weighted by Gasteiger charge is -2.23. The Morgan fingerprint density at radius 1 is 1.50 bits per heavy atom. The molecule has 8 nitrogen and oxygen atoms in total. The van der Waals surface area contributed by atoms with Crippen LogP contribution in [0.1, 0.15) is 6.92 Å². The van der Waals surface area contributed by atoms with Gasteiger partial charge in [0.05, 0.1) is 6.54 Å². The topological polar surface area (TPSA) is 125 Å². The number of nitrogens with one attached hydrogen (secondary N) is 3. The second-order valence-electron chi connectivity index (χ2n) is 3.29. The van der Waals surface area contributed by atoms with E-state index in [-0.39, 0.29) is 6.54 Å². The van der Waals surface area contributed by atoms with E-state index >= 15 is 0 Å². The lowest BCUT2D eigenvalue weighted by atomic mass is 10.2. The van der Waals surface area contributed by atoms with E-state index in [2.05, 4.69) is 16.0 Å². The Hall–Kier alpha value is -2.12. The molecule has 3 amide bonds. The van der Waals surface area contributed by atoms with Gasteiger partial charge in [0, 0.05) is 0 Å². The van der Waals surface area contributed by atoms with Gasteiger partial charge < -0.3 is 21.1 Å². The largest absolute Gasteiger partial charge is 0.480 e. The Morgan fingerprint density at radius 2 is 2.12 bits per heavy atom. The molecular formula is C8H11N3O5. The molecule has 8 heteroatoms. The minimum Gasteiger partial charge on any atom is -0.480 e. The van der Waals surface area contributed by atoms with Gasteiger partial charge in [0.1, 0.15) is 6.04 Å². The second kappa shape index (κ2) is 4.60. The highest BCUT2D eigenvalue weighted by Crippen LogP contribution is 1.93. The van der Waals surface area contributed by atoms with Gasteiger partial charge in [-0.3, -0.25) is 19.2 Å². The van der Waals surface area contributed by atoms with Crippen LogP contribution in [0.15, 0.2) is 0 Å². The van der Waals surface area contributed by atoms with Gasteiger partial charge in [-0.25, -0.2) is 0 Å². The van der Waals surface area contributed by atoms with Crippen LogP contribution < -0.4 is 16.0 Å². The zero-order valence-corrected chi connectivity index (χ0v) is 8.44. The highest BCUT2D eigenvalue weighted by molar-refractivity contribution is 6.10. The summed E-state index contributed by atoms with van der Waals surface area (Å²) < 4.78 is 0. The Bertz CT molecular complexity index is 354. The fraction of sp³-hybridized carbons (Fsp3) is 0.500. The van der Waals surface area contributed by atoms with Gasteiger partial charge in [0.2, 0.25) is 5.91 Å². The lowest BCUT2D eigenvalue weighted by molar-refractivity contribution is -0.144. The second-order valence-corrected chi connectivity index (χ2v) is 3.29. The summed E-state index contributed by atoms with van der Waals surface area (Å²) in [4.78, 5) is 44.0. The van der Waals surface area contributed by atoms with Crippen LogP contribution >= 0.6 is 0 Å². The third kappa shape index (κ3) is 2.69. The fourth-order valence-electron chi connectivity index (χ4n) is 1.09. The Balaban J connectivity index is 2.62. The van der Waals surface area contributed by atoms with Gasteiger partial charge >= 0.3 is 5.97 Å². The molecule has 0 spiro atoms. The van der Waals surface area contributed by atoms with Crippen LogP contribution in [0.4, 0.5) is 0 Å². The number of carboxylic acid groups (broad SMARTS) is 1. The maximum atomic E-state index is 11.4. The minimum atomic E-state index is -1.37. The molecule has 0 bridgehead atoms. The first-order chi connectivity index (χ1) is 7.41. The first-order valence-electron chi connectivity index (χ1n) is 4.52. The van der Waals surface area contributed by atoms with Crippen molar-refractivity contribution >= 4 is 23.7 Å². The average Bonchev–Trinajstić information content (AvgIpc) is 2.21. The molecule has 1 aliphatic rings. The molecule has 4 N–H and O–H groups in total. The average molecular weight is 229 g/mol.